The van der Waals surface area contributed by atoms with Crippen LogP contribution in [0.5, 0.6) is 0 Å². The number of terminal acetylenes is 1. The minimum atomic E-state index is -2.92. The molecule has 4 nitrogen and oxygen atoms in total. The SMILES string of the molecule is C#CC(=O)N1CCS(=O)(=O)CC1. The Bertz CT molecular complexity index is 311. The third-order valence-electron chi connectivity index (χ3n) is 1.76. The summed E-state index contributed by atoms with van der Waals surface area (Å²) >= 11 is 0. The van der Waals surface area contributed by atoms with Crippen LogP contribution < -0.4 is 0 Å². The lowest BCUT2D eigenvalue weighted by Crippen LogP contribution is -2.43. The molecule has 1 aliphatic heterocycles. The van der Waals surface area contributed by atoms with Crippen molar-refractivity contribution in [1.82, 2.24) is 4.90 Å². The van der Waals surface area contributed by atoms with Crippen molar-refractivity contribution in [3.63, 3.8) is 0 Å². The highest BCUT2D eigenvalue weighted by Gasteiger charge is 2.23. The van der Waals surface area contributed by atoms with Gasteiger partial charge in [0.15, 0.2) is 9.84 Å². The van der Waals surface area contributed by atoms with Gasteiger partial charge < -0.3 is 4.90 Å². The lowest BCUT2D eigenvalue weighted by molar-refractivity contribution is -0.124. The van der Waals surface area contributed by atoms with Crippen LogP contribution in [0.15, 0.2) is 0 Å². The molecule has 0 aromatic carbocycles. The average Bonchev–Trinajstić information content (AvgIpc) is 2.03. The van der Waals surface area contributed by atoms with E-state index in [1.54, 1.807) is 0 Å². The zero-order chi connectivity index (χ0) is 9.19. The predicted octanol–water partition coefficient (Wildman–Crippen LogP) is -1.12. The number of rotatable bonds is 0. The van der Waals surface area contributed by atoms with Crippen molar-refractivity contribution < 1.29 is 13.2 Å². The second-order valence-electron chi connectivity index (χ2n) is 2.59. The van der Waals surface area contributed by atoms with E-state index in [0.29, 0.717) is 0 Å². The van der Waals surface area contributed by atoms with Gasteiger partial charge in [0.25, 0.3) is 5.91 Å². The van der Waals surface area contributed by atoms with E-state index >= 15 is 0 Å². The highest BCUT2D eigenvalue weighted by Crippen LogP contribution is 2.02. The number of carbonyl (C=O) groups excluding carboxylic acids is 1. The molecule has 1 fully saturated rings. The Hall–Kier alpha value is -1.02. The van der Waals surface area contributed by atoms with Crippen LogP contribution in [-0.2, 0) is 14.6 Å². The first kappa shape index (κ1) is 9.07. The van der Waals surface area contributed by atoms with Gasteiger partial charge in [0.05, 0.1) is 11.5 Å². The van der Waals surface area contributed by atoms with E-state index in [9.17, 15) is 13.2 Å². The van der Waals surface area contributed by atoms with Crippen LogP contribution in [0, 0.1) is 12.3 Å². The maximum atomic E-state index is 10.9. The molecular weight excluding hydrogens is 178 g/mol. The van der Waals surface area contributed by atoms with Crippen molar-refractivity contribution in [3.8, 4) is 12.3 Å². The van der Waals surface area contributed by atoms with E-state index in [-0.39, 0.29) is 24.6 Å². The Morgan fingerprint density at radius 3 is 2.25 bits per heavy atom. The molecule has 5 heteroatoms. The van der Waals surface area contributed by atoms with Crippen LogP contribution in [0.2, 0.25) is 0 Å². The molecule has 0 unspecified atom stereocenters. The van der Waals surface area contributed by atoms with Crippen molar-refractivity contribution in [2.24, 2.45) is 0 Å². The standard InChI is InChI=1S/C7H9NO3S/c1-2-7(9)8-3-5-12(10,11)6-4-8/h1H,3-6H2. The van der Waals surface area contributed by atoms with Crippen molar-refractivity contribution in [3.05, 3.63) is 0 Å². The molecule has 1 rings (SSSR count). The third kappa shape index (κ3) is 1.98. The van der Waals surface area contributed by atoms with Crippen LogP contribution >= 0.6 is 0 Å². The molecule has 0 N–H and O–H groups in total. The van der Waals surface area contributed by atoms with Gasteiger partial charge in [0.1, 0.15) is 0 Å². The Kier molecular flexibility index (Phi) is 2.38. The van der Waals surface area contributed by atoms with Crippen LogP contribution in [-0.4, -0.2) is 43.8 Å². The number of amides is 1. The van der Waals surface area contributed by atoms with Crippen molar-refractivity contribution in [2.45, 2.75) is 0 Å². The summed E-state index contributed by atoms with van der Waals surface area (Å²) in [5.74, 6) is 1.58. The summed E-state index contributed by atoms with van der Waals surface area (Å²) in [5.41, 5.74) is 0. The molecular formula is C7H9NO3S. The largest absolute Gasteiger partial charge is 0.330 e. The van der Waals surface area contributed by atoms with Crippen molar-refractivity contribution >= 4 is 15.7 Å². The molecule has 1 heterocycles. The van der Waals surface area contributed by atoms with Gasteiger partial charge in [-0.1, -0.05) is 0 Å². The van der Waals surface area contributed by atoms with Gasteiger partial charge in [0.2, 0.25) is 0 Å². The van der Waals surface area contributed by atoms with E-state index in [2.05, 4.69) is 0 Å². The fourth-order valence-corrected chi connectivity index (χ4v) is 2.21. The van der Waals surface area contributed by atoms with E-state index in [4.69, 9.17) is 6.42 Å². The minimum Gasteiger partial charge on any atom is -0.330 e. The average molecular weight is 187 g/mol. The first-order valence-electron chi connectivity index (χ1n) is 3.51. The summed E-state index contributed by atoms with van der Waals surface area (Å²) in [6.45, 7) is 0.455. The Labute approximate surface area is 71.5 Å². The summed E-state index contributed by atoms with van der Waals surface area (Å²) in [7, 11) is -2.92. The van der Waals surface area contributed by atoms with Gasteiger partial charge in [-0.2, -0.15) is 0 Å². The van der Waals surface area contributed by atoms with Crippen LogP contribution in [0.4, 0.5) is 0 Å². The lowest BCUT2D eigenvalue weighted by Gasteiger charge is -2.24. The molecule has 66 valence electrons. The van der Waals surface area contributed by atoms with Crippen molar-refractivity contribution in [2.75, 3.05) is 24.6 Å². The van der Waals surface area contributed by atoms with Gasteiger partial charge in [0, 0.05) is 13.1 Å². The predicted molar refractivity (Wildman–Crippen MR) is 44.1 cm³/mol. The zero-order valence-electron chi connectivity index (χ0n) is 6.49. The van der Waals surface area contributed by atoms with Gasteiger partial charge in [-0.25, -0.2) is 8.42 Å². The first-order valence-corrected chi connectivity index (χ1v) is 5.33. The van der Waals surface area contributed by atoms with Crippen LogP contribution in [0.25, 0.3) is 0 Å². The van der Waals surface area contributed by atoms with E-state index in [0.717, 1.165) is 0 Å². The van der Waals surface area contributed by atoms with E-state index in [1.165, 1.54) is 4.90 Å². The summed E-state index contributed by atoms with van der Waals surface area (Å²) in [5, 5.41) is 0. The second kappa shape index (κ2) is 3.15. The molecule has 0 spiro atoms. The number of sulfone groups is 1. The number of hydrogen-bond donors (Lipinski definition) is 0. The molecule has 0 aromatic heterocycles. The highest BCUT2D eigenvalue weighted by molar-refractivity contribution is 7.91. The van der Waals surface area contributed by atoms with Gasteiger partial charge in [-0.15, -0.1) is 6.42 Å². The first-order chi connectivity index (χ1) is 5.55. The minimum absolute atomic E-state index is 0.0282. The Morgan fingerprint density at radius 1 is 1.33 bits per heavy atom. The summed E-state index contributed by atoms with van der Waals surface area (Å²) in [4.78, 5) is 12.2. The summed E-state index contributed by atoms with van der Waals surface area (Å²) in [6.07, 6.45) is 4.88. The highest BCUT2D eigenvalue weighted by atomic mass is 32.2. The van der Waals surface area contributed by atoms with Crippen LogP contribution in [0.1, 0.15) is 0 Å². The Balaban J connectivity index is 2.59. The molecule has 12 heavy (non-hydrogen) atoms. The molecule has 0 saturated carbocycles. The van der Waals surface area contributed by atoms with E-state index in [1.807, 2.05) is 5.92 Å². The quantitative estimate of drug-likeness (QED) is 0.451. The van der Waals surface area contributed by atoms with Crippen LogP contribution in [0.3, 0.4) is 0 Å². The summed E-state index contributed by atoms with van der Waals surface area (Å²) < 4.78 is 21.8. The molecule has 0 atom stereocenters. The molecule has 0 radical (unpaired) electrons. The van der Waals surface area contributed by atoms with E-state index < -0.39 is 15.7 Å². The molecule has 0 aromatic rings. The molecule has 1 aliphatic rings. The topological polar surface area (TPSA) is 54.5 Å². The smallest absolute Gasteiger partial charge is 0.298 e. The fourth-order valence-electron chi connectivity index (χ4n) is 1.01. The number of carbonyl (C=O) groups is 1. The monoisotopic (exact) mass is 187 g/mol. The maximum absolute atomic E-state index is 10.9. The Morgan fingerprint density at radius 2 is 1.83 bits per heavy atom. The summed E-state index contributed by atoms with van der Waals surface area (Å²) in [6, 6.07) is 0. The zero-order valence-corrected chi connectivity index (χ0v) is 7.30. The second-order valence-corrected chi connectivity index (χ2v) is 4.89. The number of hydrogen-bond acceptors (Lipinski definition) is 3. The van der Waals surface area contributed by atoms with Gasteiger partial charge in [-0.3, -0.25) is 4.79 Å². The normalized spacial score (nSPS) is 21.4. The molecule has 1 saturated heterocycles. The fraction of sp³-hybridized carbons (Fsp3) is 0.571. The number of nitrogens with zero attached hydrogens (tertiary/aromatic N) is 1. The van der Waals surface area contributed by atoms with Gasteiger partial charge in [-0.05, 0) is 5.92 Å². The lowest BCUT2D eigenvalue weighted by atomic mass is 10.4. The molecule has 0 bridgehead atoms. The maximum Gasteiger partial charge on any atom is 0.298 e. The molecule has 0 aliphatic carbocycles. The molecule has 1 amide bonds. The van der Waals surface area contributed by atoms with Crippen molar-refractivity contribution in [1.29, 1.82) is 0 Å². The van der Waals surface area contributed by atoms with Gasteiger partial charge >= 0.3 is 0 Å². The third-order valence-corrected chi connectivity index (χ3v) is 3.36.